The number of nitrogens with one attached hydrogen (secondary N) is 1. The Morgan fingerprint density at radius 3 is 2.48 bits per heavy atom. The molecule has 3 unspecified atom stereocenters. The van der Waals surface area contributed by atoms with E-state index >= 15 is 0 Å². The van der Waals surface area contributed by atoms with Crippen molar-refractivity contribution in [2.75, 3.05) is 13.1 Å². The molecule has 1 aliphatic heterocycles. The molecular formula is C19H30N2. The van der Waals surface area contributed by atoms with Crippen molar-refractivity contribution in [1.82, 2.24) is 10.2 Å². The van der Waals surface area contributed by atoms with Crippen molar-refractivity contribution in [3.63, 3.8) is 0 Å². The Kier molecular flexibility index (Phi) is 4.11. The van der Waals surface area contributed by atoms with Crippen LogP contribution in [-0.2, 0) is 6.42 Å². The minimum absolute atomic E-state index is 0.530. The van der Waals surface area contributed by atoms with Gasteiger partial charge in [0.25, 0.3) is 0 Å². The summed E-state index contributed by atoms with van der Waals surface area (Å²) in [4.78, 5) is 2.81. The number of rotatable bonds is 4. The van der Waals surface area contributed by atoms with Gasteiger partial charge in [0, 0.05) is 31.2 Å². The molecule has 1 aliphatic carbocycles. The van der Waals surface area contributed by atoms with Crippen LogP contribution in [0.3, 0.4) is 0 Å². The second-order valence-corrected chi connectivity index (χ2v) is 8.01. The first-order chi connectivity index (χ1) is 9.97. The van der Waals surface area contributed by atoms with Crippen LogP contribution in [0.1, 0.15) is 39.7 Å². The Morgan fingerprint density at radius 2 is 1.90 bits per heavy atom. The molecule has 2 heteroatoms. The van der Waals surface area contributed by atoms with Gasteiger partial charge in [-0.05, 0) is 29.7 Å². The average Bonchev–Trinajstić information content (AvgIpc) is 3.08. The highest BCUT2D eigenvalue weighted by Crippen LogP contribution is 2.50. The largest absolute Gasteiger partial charge is 0.311 e. The van der Waals surface area contributed by atoms with Gasteiger partial charge in [-0.25, -0.2) is 0 Å². The van der Waals surface area contributed by atoms with Crippen molar-refractivity contribution in [2.24, 2.45) is 11.3 Å². The summed E-state index contributed by atoms with van der Waals surface area (Å²) in [6, 6.07) is 13.0. The first-order valence-electron chi connectivity index (χ1n) is 8.50. The lowest BCUT2D eigenvalue weighted by atomic mass is 9.95. The molecule has 3 rings (SSSR count). The zero-order valence-corrected chi connectivity index (χ0v) is 14.0. The summed E-state index contributed by atoms with van der Waals surface area (Å²) in [5.41, 5.74) is 1.98. The zero-order chi connectivity index (χ0) is 15.0. The monoisotopic (exact) mass is 286 g/mol. The zero-order valence-electron chi connectivity index (χ0n) is 14.0. The van der Waals surface area contributed by atoms with Crippen LogP contribution < -0.4 is 5.32 Å². The third kappa shape index (κ3) is 3.32. The van der Waals surface area contributed by atoms with Gasteiger partial charge in [0.05, 0.1) is 0 Å². The van der Waals surface area contributed by atoms with Gasteiger partial charge in [0.1, 0.15) is 0 Å². The topological polar surface area (TPSA) is 15.3 Å². The van der Waals surface area contributed by atoms with E-state index in [1.807, 2.05) is 0 Å². The summed E-state index contributed by atoms with van der Waals surface area (Å²) >= 11 is 0. The molecule has 0 radical (unpaired) electrons. The van der Waals surface area contributed by atoms with Crippen molar-refractivity contribution in [1.29, 1.82) is 0 Å². The van der Waals surface area contributed by atoms with E-state index in [0.717, 1.165) is 24.9 Å². The molecule has 0 aromatic heterocycles. The predicted molar refractivity (Wildman–Crippen MR) is 89.5 cm³/mol. The van der Waals surface area contributed by atoms with E-state index in [2.05, 4.69) is 68.2 Å². The third-order valence-electron chi connectivity index (χ3n) is 5.43. The number of benzene rings is 1. The molecule has 0 spiro atoms. The Morgan fingerprint density at radius 1 is 1.24 bits per heavy atom. The fraction of sp³-hybridized carbons (Fsp3) is 0.684. The molecule has 1 heterocycles. The van der Waals surface area contributed by atoms with Crippen molar-refractivity contribution in [3.8, 4) is 0 Å². The minimum Gasteiger partial charge on any atom is -0.311 e. The van der Waals surface area contributed by atoms with E-state index in [0.29, 0.717) is 17.5 Å². The van der Waals surface area contributed by atoms with Crippen LogP contribution in [0.25, 0.3) is 0 Å². The molecule has 2 nitrogen and oxygen atoms in total. The second-order valence-electron chi connectivity index (χ2n) is 8.01. The van der Waals surface area contributed by atoms with Gasteiger partial charge in [0.15, 0.2) is 0 Å². The summed E-state index contributed by atoms with van der Waals surface area (Å²) in [7, 11) is 0. The summed E-state index contributed by atoms with van der Waals surface area (Å²) < 4.78 is 0. The smallest absolute Gasteiger partial charge is 0.0247 e. The summed E-state index contributed by atoms with van der Waals surface area (Å²) in [6.45, 7) is 11.9. The maximum atomic E-state index is 3.80. The van der Waals surface area contributed by atoms with E-state index in [-0.39, 0.29) is 0 Å². The molecule has 2 fully saturated rings. The van der Waals surface area contributed by atoms with E-state index in [1.165, 1.54) is 18.5 Å². The van der Waals surface area contributed by atoms with Crippen LogP contribution in [0.15, 0.2) is 30.3 Å². The molecule has 1 aromatic carbocycles. The van der Waals surface area contributed by atoms with Crippen molar-refractivity contribution in [2.45, 2.75) is 58.7 Å². The van der Waals surface area contributed by atoms with Gasteiger partial charge >= 0.3 is 0 Å². The lowest BCUT2D eigenvalue weighted by molar-refractivity contribution is 0.0789. The van der Waals surface area contributed by atoms with E-state index in [4.69, 9.17) is 0 Å². The van der Waals surface area contributed by atoms with Gasteiger partial charge in [-0.1, -0.05) is 58.0 Å². The van der Waals surface area contributed by atoms with Gasteiger partial charge in [-0.15, -0.1) is 0 Å². The van der Waals surface area contributed by atoms with Crippen molar-refractivity contribution in [3.05, 3.63) is 35.9 Å². The van der Waals surface area contributed by atoms with Gasteiger partial charge in [-0.2, -0.15) is 0 Å². The Balaban J connectivity index is 1.67. The summed E-state index contributed by atoms with van der Waals surface area (Å²) in [6.07, 6.45) is 2.52. The molecular weight excluding hydrogens is 256 g/mol. The highest BCUT2D eigenvalue weighted by atomic mass is 15.3. The number of nitrogens with zero attached hydrogens (tertiary/aromatic N) is 1. The molecule has 2 aliphatic rings. The second kappa shape index (κ2) is 5.73. The van der Waals surface area contributed by atoms with Crippen molar-refractivity contribution < 1.29 is 0 Å². The minimum atomic E-state index is 0.530. The van der Waals surface area contributed by atoms with Gasteiger partial charge in [-0.3, -0.25) is 4.90 Å². The van der Waals surface area contributed by atoms with E-state index in [1.54, 1.807) is 0 Å². The summed E-state index contributed by atoms with van der Waals surface area (Å²) in [5.74, 6) is 0.728. The lowest BCUT2D eigenvalue weighted by Gasteiger charge is -2.43. The van der Waals surface area contributed by atoms with Gasteiger partial charge in [0.2, 0.25) is 0 Å². The third-order valence-corrected chi connectivity index (χ3v) is 5.43. The standard InChI is InChI=1S/C19H30N2/c1-14(2)17-12-20-16(10-15-8-6-5-7-9-15)13-21(17)18-11-19(18,3)4/h5-9,14,16-18,20H,10-13H2,1-4H3. The highest BCUT2D eigenvalue weighted by molar-refractivity contribution is 5.17. The van der Waals surface area contributed by atoms with E-state index < -0.39 is 0 Å². The predicted octanol–water partition coefficient (Wildman–Crippen LogP) is 3.33. The molecule has 1 saturated heterocycles. The molecule has 1 aromatic rings. The molecule has 3 atom stereocenters. The fourth-order valence-electron chi connectivity index (χ4n) is 3.88. The molecule has 0 bridgehead atoms. The summed E-state index contributed by atoms with van der Waals surface area (Å²) in [5, 5.41) is 3.80. The number of piperazine rings is 1. The van der Waals surface area contributed by atoms with Crippen molar-refractivity contribution >= 4 is 0 Å². The SMILES string of the molecule is CC(C)C1CNC(Cc2ccccc2)CN1C1CC1(C)C. The maximum Gasteiger partial charge on any atom is 0.0247 e. The first-order valence-corrected chi connectivity index (χ1v) is 8.50. The van der Waals surface area contributed by atoms with E-state index in [9.17, 15) is 0 Å². The maximum absolute atomic E-state index is 3.80. The van der Waals surface area contributed by atoms with Crippen LogP contribution in [0.2, 0.25) is 0 Å². The Bertz CT molecular complexity index is 466. The lowest BCUT2D eigenvalue weighted by Crippen LogP contribution is -2.60. The van der Waals surface area contributed by atoms with Crippen LogP contribution in [0, 0.1) is 11.3 Å². The van der Waals surface area contributed by atoms with Crippen LogP contribution >= 0.6 is 0 Å². The quantitative estimate of drug-likeness (QED) is 0.913. The van der Waals surface area contributed by atoms with Crippen LogP contribution in [0.4, 0.5) is 0 Å². The number of hydrogen-bond donors (Lipinski definition) is 1. The molecule has 21 heavy (non-hydrogen) atoms. The highest BCUT2D eigenvalue weighted by Gasteiger charge is 2.52. The normalized spacial score (nSPS) is 32.3. The van der Waals surface area contributed by atoms with Gasteiger partial charge < -0.3 is 5.32 Å². The average molecular weight is 286 g/mol. The molecule has 1 N–H and O–H groups in total. The Labute approximate surface area is 129 Å². The molecule has 1 saturated carbocycles. The fourth-order valence-corrected chi connectivity index (χ4v) is 3.88. The molecule has 116 valence electrons. The molecule has 0 amide bonds. The first kappa shape index (κ1) is 15.1. The Hall–Kier alpha value is -0.860. The number of hydrogen-bond acceptors (Lipinski definition) is 2. The van der Waals surface area contributed by atoms with Crippen LogP contribution in [-0.4, -0.2) is 36.1 Å². The van der Waals surface area contributed by atoms with Crippen LogP contribution in [0.5, 0.6) is 0 Å².